The molecule has 0 radical (unpaired) electrons. The van der Waals surface area contributed by atoms with E-state index in [1.54, 1.807) is 42.6 Å². The van der Waals surface area contributed by atoms with E-state index >= 15 is 0 Å². The van der Waals surface area contributed by atoms with Crippen molar-refractivity contribution in [1.29, 1.82) is 0 Å². The number of hydrogen-bond donors (Lipinski definition) is 2. The van der Waals surface area contributed by atoms with Gasteiger partial charge in [-0.05, 0) is 42.5 Å². The molecule has 0 spiro atoms. The van der Waals surface area contributed by atoms with Crippen LogP contribution in [0, 0.1) is 0 Å². The van der Waals surface area contributed by atoms with Crippen molar-refractivity contribution in [3.8, 4) is 5.75 Å². The van der Waals surface area contributed by atoms with Crippen LogP contribution >= 0.6 is 23.2 Å². The van der Waals surface area contributed by atoms with Crippen LogP contribution in [0.2, 0.25) is 10.0 Å². The number of benzene rings is 3. The van der Waals surface area contributed by atoms with Crippen LogP contribution < -0.4 is 10.2 Å². The van der Waals surface area contributed by atoms with Crippen molar-refractivity contribution < 1.29 is 9.53 Å². The second-order valence-electron chi connectivity index (χ2n) is 6.54. The Balaban J connectivity index is 1.34. The van der Waals surface area contributed by atoms with E-state index in [0.717, 1.165) is 22.0 Å². The van der Waals surface area contributed by atoms with Crippen LogP contribution in [0.15, 0.2) is 78.0 Å². The number of halogens is 2. The molecule has 4 rings (SSSR count). The number of rotatable bonds is 6. The van der Waals surface area contributed by atoms with E-state index in [1.807, 2.05) is 36.5 Å². The summed E-state index contributed by atoms with van der Waals surface area (Å²) < 4.78 is 5.73. The number of ether oxygens (including phenoxy) is 1. The molecule has 1 amide bonds. The van der Waals surface area contributed by atoms with E-state index in [0.29, 0.717) is 28.0 Å². The summed E-state index contributed by atoms with van der Waals surface area (Å²) in [6.45, 7) is 0.302. The Kier molecular flexibility index (Phi) is 6.02. The lowest BCUT2D eigenvalue weighted by Crippen LogP contribution is -2.17. The summed E-state index contributed by atoms with van der Waals surface area (Å²) in [5.41, 5.74) is 5.75. The highest BCUT2D eigenvalue weighted by atomic mass is 35.5. The van der Waals surface area contributed by atoms with Crippen LogP contribution in [0.25, 0.3) is 10.9 Å². The number of para-hydroxylation sites is 1. The van der Waals surface area contributed by atoms with E-state index in [2.05, 4.69) is 15.5 Å². The average molecular weight is 438 g/mol. The maximum Gasteiger partial charge on any atom is 0.271 e. The first-order chi connectivity index (χ1) is 14.6. The zero-order valence-corrected chi connectivity index (χ0v) is 17.2. The maximum absolute atomic E-state index is 12.3. The minimum Gasteiger partial charge on any atom is -0.489 e. The average Bonchev–Trinajstić information content (AvgIpc) is 3.17. The van der Waals surface area contributed by atoms with Gasteiger partial charge in [-0.15, -0.1) is 0 Å². The Morgan fingerprint density at radius 3 is 2.67 bits per heavy atom. The highest BCUT2D eigenvalue weighted by molar-refractivity contribution is 6.35. The molecule has 0 bridgehead atoms. The number of fused-ring (bicyclic) bond motifs is 1. The number of amides is 1. The molecule has 4 aromatic rings. The van der Waals surface area contributed by atoms with Gasteiger partial charge in [0.05, 0.1) is 6.21 Å². The van der Waals surface area contributed by atoms with Gasteiger partial charge in [0.1, 0.15) is 12.4 Å². The summed E-state index contributed by atoms with van der Waals surface area (Å²) in [5.74, 6) is 0.318. The largest absolute Gasteiger partial charge is 0.489 e. The molecule has 0 saturated carbocycles. The molecule has 0 aliphatic carbocycles. The number of nitrogens with zero attached hydrogens (tertiary/aromatic N) is 1. The standard InChI is InChI=1S/C23H17Cl2N3O2/c24-18-8-5-16(21(25)11-18)14-30-19-9-6-15(7-10-19)23(29)28-27-13-17-12-26-22-4-2-1-3-20(17)22/h1-13,26H,14H2,(H,28,29)/b27-13-. The van der Waals surface area contributed by atoms with E-state index in [9.17, 15) is 4.79 Å². The number of aromatic nitrogens is 1. The van der Waals surface area contributed by atoms with Gasteiger partial charge in [0.25, 0.3) is 5.91 Å². The van der Waals surface area contributed by atoms with Crippen LogP contribution in [0.4, 0.5) is 0 Å². The molecule has 0 aliphatic heterocycles. The molecule has 2 N–H and O–H groups in total. The van der Waals surface area contributed by atoms with Gasteiger partial charge in [-0.3, -0.25) is 4.79 Å². The summed E-state index contributed by atoms with van der Waals surface area (Å²) in [5, 5.41) is 6.22. The summed E-state index contributed by atoms with van der Waals surface area (Å²) in [7, 11) is 0. The molecule has 5 nitrogen and oxygen atoms in total. The predicted molar refractivity (Wildman–Crippen MR) is 121 cm³/mol. The fourth-order valence-electron chi connectivity index (χ4n) is 2.93. The molecule has 0 saturated heterocycles. The van der Waals surface area contributed by atoms with Gasteiger partial charge in [0.2, 0.25) is 0 Å². The van der Waals surface area contributed by atoms with Crippen LogP contribution in [0.3, 0.4) is 0 Å². The molecule has 0 atom stereocenters. The summed E-state index contributed by atoms with van der Waals surface area (Å²) in [6, 6.07) is 19.9. The van der Waals surface area contributed by atoms with Crippen molar-refractivity contribution in [2.45, 2.75) is 6.61 Å². The van der Waals surface area contributed by atoms with Crippen LogP contribution in [-0.4, -0.2) is 17.1 Å². The number of aromatic amines is 1. The lowest BCUT2D eigenvalue weighted by Gasteiger charge is -2.08. The molecular weight excluding hydrogens is 421 g/mol. The van der Waals surface area contributed by atoms with Crippen molar-refractivity contribution in [2.24, 2.45) is 5.10 Å². The number of carbonyl (C=O) groups excluding carboxylic acids is 1. The number of hydrogen-bond acceptors (Lipinski definition) is 3. The van der Waals surface area contributed by atoms with Gasteiger partial charge in [0, 0.05) is 43.8 Å². The third kappa shape index (κ3) is 4.64. The van der Waals surface area contributed by atoms with Gasteiger partial charge in [-0.25, -0.2) is 5.43 Å². The fraction of sp³-hybridized carbons (Fsp3) is 0.0435. The van der Waals surface area contributed by atoms with Crippen molar-refractivity contribution >= 4 is 46.2 Å². The zero-order valence-electron chi connectivity index (χ0n) is 15.7. The second kappa shape index (κ2) is 9.03. The topological polar surface area (TPSA) is 66.5 Å². The Morgan fingerprint density at radius 2 is 1.87 bits per heavy atom. The second-order valence-corrected chi connectivity index (χ2v) is 7.38. The highest BCUT2D eigenvalue weighted by Gasteiger charge is 2.06. The Bertz CT molecular complexity index is 1220. The Labute approximate surface area is 183 Å². The van der Waals surface area contributed by atoms with Crippen LogP contribution in [0.1, 0.15) is 21.5 Å². The molecule has 0 unspecified atom stereocenters. The monoisotopic (exact) mass is 437 g/mol. The molecule has 0 aliphatic rings. The Morgan fingerprint density at radius 1 is 1.07 bits per heavy atom. The Hall–Kier alpha value is -3.28. The molecule has 3 aromatic carbocycles. The maximum atomic E-state index is 12.3. The number of H-pyrrole nitrogens is 1. The third-order valence-electron chi connectivity index (χ3n) is 4.52. The van der Waals surface area contributed by atoms with Crippen LogP contribution in [0.5, 0.6) is 5.75 Å². The molecule has 1 heterocycles. The quantitative estimate of drug-likeness (QED) is 0.294. The van der Waals surface area contributed by atoms with E-state index in [1.165, 1.54) is 0 Å². The van der Waals surface area contributed by atoms with Gasteiger partial charge in [-0.2, -0.15) is 5.10 Å². The summed E-state index contributed by atoms with van der Waals surface area (Å²) in [6.07, 6.45) is 3.46. The highest BCUT2D eigenvalue weighted by Crippen LogP contribution is 2.23. The van der Waals surface area contributed by atoms with E-state index in [-0.39, 0.29) is 5.91 Å². The number of carbonyl (C=O) groups is 1. The number of nitrogens with one attached hydrogen (secondary N) is 2. The first-order valence-corrected chi connectivity index (χ1v) is 9.92. The van der Waals surface area contributed by atoms with Gasteiger partial charge >= 0.3 is 0 Å². The smallest absolute Gasteiger partial charge is 0.271 e. The van der Waals surface area contributed by atoms with Gasteiger partial charge in [-0.1, -0.05) is 47.5 Å². The van der Waals surface area contributed by atoms with Crippen molar-refractivity contribution in [1.82, 2.24) is 10.4 Å². The lowest BCUT2D eigenvalue weighted by molar-refractivity contribution is 0.0955. The van der Waals surface area contributed by atoms with Gasteiger partial charge in [0.15, 0.2) is 0 Å². The fourth-order valence-corrected chi connectivity index (χ4v) is 3.39. The number of hydrazone groups is 1. The summed E-state index contributed by atoms with van der Waals surface area (Å²) in [4.78, 5) is 15.5. The molecule has 1 aromatic heterocycles. The van der Waals surface area contributed by atoms with E-state index < -0.39 is 0 Å². The minimum absolute atomic E-state index is 0.302. The lowest BCUT2D eigenvalue weighted by atomic mass is 10.2. The SMILES string of the molecule is O=C(N/N=C\c1c[nH]c2ccccc12)c1ccc(OCc2ccc(Cl)cc2Cl)cc1. The predicted octanol–water partition coefficient (Wildman–Crippen LogP) is 5.82. The van der Waals surface area contributed by atoms with Gasteiger partial charge < -0.3 is 9.72 Å². The van der Waals surface area contributed by atoms with Crippen molar-refractivity contribution in [3.05, 3.63) is 99.7 Å². The summed E-state index contributed by atoms with van der Waals surface area (Å²) >= 11 is 12.0. The molecule has 30 heavy (non-hydrogen) atoms. The van der Waals surface area contributed by atoms with E-state index in [4.69, 9.17) is 27.9 Å². The normalized spacial score (nSPS) is 11.1. The first kappa shape index (κ1) is 20.0. The molecule has 0 fully saturated rings. The zero-order chi connectivity index (χ0) is 20.9. The first-order valence-electron chi connectivity index (χ1n) is 9.16. The van der Waals surface area contributed by atoms with Crippen molar-refractivity contribution in [2.75, 3.05) is 0 Å². The molecule has 150 valence electrons. The minimum atomic E-state index is -0.307. The van der Waals surface area contributed by atoms with Crippen molar-refractivity contribution in [3.63, 3.8) is 0 Å². The molecular formula is C23H17Cl2N3O2. The molecule has 7 heteroatoms. The van der Waals surface area contributed by atoms with Crippen LogP contribution in [-0.2, 0) is 6.61 Å². The third-order valence-corrected chi connectivity index (χ3v) is 5.10.